The number of aromatic nitrogens is 3. The molecule has 2 aromatic rings. The van der Waals surface area contributed by atoms with Crippen LogP contribution in [-0.2, 0) is 10.0 Å². The molecule has 9 heteroatoms. The van der Waals surface area contributed by atoms with Crippen LogP contribution >= 0.6 is 0 Å². The van der Waals surface area contributed by atoms with Gasteiger partial charge in [0, 0.05) is 49.2 Å². The van der Waals surface area contributed by atoms with Crippen LogP contribution in [0.4, 0.5) is 0 Å². The lowest BCUT2D eigenvalue weighted by molar-refractivity contribution is 0.0901. The summed E-state index contributed by atoms with van der Waals surface area (Å²) in [6, 6.07) is 2.55. The zero-order valence-electron chi connectivity index (χ0n) is 18.9. The molecule has 2 fully saturated rings. The molecule has 0 radical (unpaired) electrons. The fraction of sp³-hybridized carbons (Fsp3) is 0.636. The second-order valence-electron chi connectivity index (χ2n) is 8.96. The lowest BCUT2D eigenvalue weighted by Crippen LogP contribution is -2.49. The molecule has 0 spiro atoms. The number of hydrogen-bond donors (Lipinski definition) is 1. The molecule has 1 N–H and O–H groups in total. The molecule has 1 saturated carbocycles. The molecule has 31 heavy (non-hydrogen) atoms. The smallest absolute Gasteiger partial charge is 0.246 e. The molecule has 1 aliphatic carbocycles. The van der Waals surface area contributed by atoms with Crippen LogP contribution < -0.4 is 0 Å². The van der Waals surface area contributed by atoms with E-state index in [1.165, 1.54) is 30.0 Å². The Morgan fingerprint density at radius 1 is 1.10 bits per heavy atom. The molecule has 0 unspecified atom stereocenters. The van der Waals surface area contributed by atoms with E-state index in [1.54, 1.807) is 13.8 Å². The van der Waals surface area contributed by atoms with Crippen molar-refractivity contribution >= 4 is 15.8 Å². The van der Waals surface area contributed by atoms with Crippen molar-refractivity contribution in [3.05, 3.63) is 34.4 Å². The van der Waals surface area contributed by atoms with Gasteiger partial charge >= 0.3 is 0 Å². The second kappa shape index (κ2) is 8.52. The molecule has 1 saturated heterocycles. The first-order chi connectivity index (χ1) is 14.7. The van der Waals surface area contributed by atoms with Crippen LogP contribution in [0.25, 0.3) is 0 Å². The summed E-state index contributed by atoms with van der Waals surface area (Å²) in [7, 11) is -3.58. The van der Waals surface area contributed by atoms with Crippen molar-refractivity contribution in [1.29, 1.82) is 0 Å². The van der Waals surface area contributed by atoms with Gasteiger partial charge in [-0.2, -0.15) is 9.40 Å². The van der Waals surface area contributed by atoms with Crippen molar-refractivity contribution in [2.24, 2.45) is 0 Å². The van der Waals surface area contributed by atoms with Crippen LogP contribution in [0.1, 0.15) is 64.9 Å². The number of carbonyl (C=O) groups excluding carboxylic acids is 1. The molecule has 8 nitrogen and oxygen atoms in total. The van der Waals surface area contributed by atoms with Crippen molar-refractivity contribution in [3.8, 4) is 0 Å². The predicted octanol–water partition coefficient (Wildman–Crippen LogP) is 2.75. The monoisotopic (exact) mass is 447 g/mol. The van der Waals surface area contributed by atoms with Crippen molar-refractivity contribution in [1.82, 2.24) is 24.0 Å². The number of aryl methyl sites for hydroxylation is 3. The van der Waals surface area contributed by atoms with Gasteiger partial charge in [-0.05, 0) is 46.6 Å². The van der Waals surface area contributed by atoms with Gasteiger partial charge in [0.15, 0.2) is 5.78 Å². The van der Waals surface area contributed by atoms with Crippen molar-refractivity contribution in [3.63, 3.8) is 0 Å². The van der Waals surface area contributed by atoms with E-state index in [4.69, 9.17) is 0 Å². The Kier molecular flexibility index (Phi) is 6.11. The molecule has 2 aliphatic rings. The molecule has 0 atom stereocenters. The number of carbonyl (C=O) groups is 1. The molecule has 170 valence electrons. The van der Waals surface area contributed by atoms with Gasteiger partial charge in [0.25, 0.3) is 0 Å². The molecular weight excluding hydrogens is 414 g/mol. The number of H-pyrrole nitrogens is 1. The third kappa shape index (κ3) is 4.10. The maximum Gasteiger partial charge on any atom is 0.246 e. The van der Waals surface area contributed by atoms with E-state index in [2.05, 4.69) is 33.5 Å². The van der Waals surface area contributed by atoms with Gasteiger partial charge in [-0.15, -0.1) is 0 Å². The summed E-state index contributed by atoms with van der Waals surface area (Å²) in [6.45, 7) is 9.74. The van der Waals surface area contributed by atoms with E-state index in [0.29, 0.717) is 50.2 Å². The average Bonchev–Trinajstić information content (AvgIpc) is 3.42. The highest BCUT2D eigenvalue weighted by Crippen LogP contribution is 2.33. The largest absolute Gasteiger partial charge is 0.345 e. The Morgan fingerprint density at radius 2 is 1.74 bits per heavy atom. The quantitative estimate of drug-likeness (QED) is 0.688. The number of aromatic amines is 1. The SMILES string of the molecule is Cc1n[nH]c(C)c1S(=O)(=O)N1CCN(CC(=O)c2cc(C)n(C3CCCC3)c2C)CC1. The van der Waals surface area contributed by atoms with Crippen molar-refractivity contribution < 1.29 is 13.2 Å². The van der Waals surface area contributed by atoms with E-state index >= 15 is 0 Å². The van der Waals surface area contributed by atoms with Gasteiger partial charge in [-0.1, -0.05) is 12.8 Å². The zero-order chi connectivity index (χ0) is 22.3. The number of nitrogens with zero attached hydrogens (tertiary/aromatic N) is 4. The number of piperazine rings is 1. The summed E-state index contributed by atoms with van der Waals surface area (Å²) in [4.78, 5) is 15.4. The Bertz CT molecular complexity index is 1050. The molecule has 0 amide bonds. The highest BCUT2D eigenvalue weighted by atomic mass is 32.2. The molecule has 2 aromatic heterocycles. The topological polar surface area (TPSA) is 91.3 Å². The Balaban J connectivity index is 1.40. The fourth-order valence-electron chi connectivity index (χ4n) is 5.25. The molecule has 1 aliphatic heterocycles. The normalized spacial score (nSPS) is 19.4. The minimum absolute atomic E-state index is 0.121. The minimum atomic E-state index is -3.58. The van der Waals surface area contributed by atoms with E-state index in [0.717, 1.165) is 17.0 Å². The van der Waals surface area contributed by atoms with Gasteiger partial charge in [0.2, 0.25) is 10.0 Å². The predicted molar refractivity (Wildman–Crippen MR) is 119 cm³/mol. The summed E-state index contributed by atoms with van der Waals surface area (Å²) in [5, 5.41) is 6.78. The van der Waals surface area contributed by atoms with Gasteiger partial charge < -0.3 is 4.57 Å². The van der Waals surface area contributed by atoms with Crippen LogP contribution in [0.15, 0.2) is 11.0 Å². The van der Waals surface area contributed by atoms with Crippen LogP contribution in [0.5, 0.6) is 0 Å². The fourth-order valence-corrected chi connectivity index (χ4v) is 7.00. The standard InChI is InChI=1S/C22H33N5O3S/c1-15-13-20(18(4)27(15)19-7-5-6-8-19)21(28)14-25-9-11-26(12-10-25)31(29,30)22-16(2)23-24-17(22)3/h13,19H,5-12,14H2,1-4H3,(H,23,24). The molecular formula is C22H33N5O3S. The summed E-state index contributed by atoms with van der Waals surface area (Å²) >= 11 is 0. The molecule has 0 bridgehead atoms. The maximum atomic E-state index is 13.1. The Hall–Kier alpha value is -1.97. The third-order valence-electron chi connectivity index (χ3n) is 6.83. The van der Waals surface area contributed by atoms with Crippen molar-refractivity contribution in [2.45, 2.75) is 64.3 Å². The van der Waals surface area contributed by atoms with Gasteiger partial charge in [-0.3, -0.25) is 14.8 Å². The minimum Gasteiger partial charge on any atom is -0.345 e. The molecule has 4 rings (SSSR count). The van der Waals surface area contributed by atoms with Crippen LogP contribution in [-0.4, -0.2) is 70.9 Å². The van der Waals surface area contributed by atoms with Crippen LogP contribution in [0, 0.1) is 27.7 Å². The number of ketones is 1. The number of sulfonamides is 1. The summed E-state index contributed by atoms with van der Waals surface area (Å²) < 4.78 is 29.9. The lowest BCUT2D eigenvalue weighted by atomic mass is 10.1. The highest BCUT2D eigenvalue weighted by molar-refractivity contribution is 7.89. The average molecular weight is 448 g/mol. The summed E-state index contributed by atoms with van der Waals surface area (Å²) in [5.41, 5.74) is 4.10. The van der Waals surface area contributed by atoms with Crippen LogP contribution in [0.3, 0.4) is 0 Å². The first kappa shape index (κ1) is 22.2. The summed E-state index contributed by atoms with van der Waals surface area (Å²) in [5.74, 6) is 0.121. The number of rotatable bonds is 6. The summed E-state index contributed by atoms with van der Waals surface area (Å²) in [6.07, 6.45) is 4.90. The van der Waals surface area contributed by atoms with E-state index in [9.17, 15) is 13.2 Å². The van der Waals surface area contributed by atoms with Crippen molar-refractivity contribution in [2.75, 3.05) is 32.7 Å². The Morgan fingerprint density at radius 3 is 2.32 bits per heavy atom. The number of Topliss-reactive ketones (excluding diaryl/α,β-unsaturated/α-hetero) is 1. The van der Waals surface area contributed by atoms with Gasteiger partial charge in [0.1, 0.15) is 4.90 Å². The first-order valence-electron chi connectivity index (χ1n) is 11.2. The van der Waals surface area contributed by atoms with Crippen LogP contribution in [0.2, 0.25) is 0 Å². The third-order valence-corrected chi connectivity index (χ3v) is 8.99. The van der Waals surface area contributed by atoms with E-state index < -0.39 is 10.0 Å². The van der Waals surface area contributed by atoms with E-state index in [1.807, 2.05) is 6.07 Å². The number of nitrogens with one attached hydrogen (secondary N) is 1. The van der Waals surface area contributed by atoms with E-state index in [-0.39, 0.29) is 10.7 Å². The molecule has 0 aromatic carbocycles. The first-order valence-corrected chi connectivity index (χ1v) is 12.6. The highest BCUT2D eigenvalue weighted by Gasteiger charge is 2.33. The lowest BCUT2D eigenvalue weighted by Gasteiger charge is -2.33. The molecule has 3 heterocycles. The second-order valence-corrected chi connectivity index (χ2v) is 10.8. The number of hydrogen-bond acceptors (Lipinski definition) is 5. The van der Waals surface area contributed by atoms with Gasteiger partial charge in [0.05, 0.1) is 17.9 Å². The maximum absolute atomic E-state index is 13.1. The Labute approximate surface area is 184 Å². The van der Waals surface area contributed by atoms with Gasteiger partial charge in [-0.25, -0.2) is 8.42 Å². The zero-order valence-corrected chi connectivity index (χ0v) is 19.8.